The number of thiophene rings is 1. The van der Waals surface area contributed by atoms with Crippen LogP contribution in [0.25, 0.3) is 6.08 Å². The second-order valence-electron chi connectivity index (χ2n) is 3.92. The van der Waals surface area contributed by atoms with Crippen LogP contribution in [0.5, 0.6) is 0 Å². The molecule has 2 rings (SSSR count). The Kier molecular flexibility index (Phi) is 4.31. The monoisotopic (exact) mass is 292 g/mol. The quantitative estimate of drug-likeness (QED) is 0.823. The molecule has 0 unspecified atom stereocenters. The summed E-state index contributed by atoms with van der Waals surface area (Å²) in [7, 11) is 0. The largest absolute Gasteiger partial charge is 0.478 e. The number of carbonyl (C=O) groups is 2. The number of aliphatic carboxylic acids is 1. The molecule has 1 amide bonds. The summed E-state index contributed by atoms with van der Waals surface area (Å²) in [5.41, 5.74) is 0. The lowest BCUT2D eigenvalue weighted by atomic mass is 10.4. The molecule has 2 heterocycles. The summed E-state index contributed by atoms with van der Waals surface area (Å²) in [6.45, 7) is 1.99. The van der Waals surface area contributed by atoms with Crippen molar-refractivity contribution in [2.24, 2.45) is 0 Å². The van der Waals surface area contributed by atoms with E-state index < -0.39 is 5.97 Å². The van der Waals surface area contributed by atoms with Gasteiger partial charge in [-0.2, -0.15) is 0 Å². The number of hydrogen-bond donors (Lipinski definition) is 2. The molecule has 0 aliphatic rings. The minimum Gasteiger partial charge on any atom is -0.478 e. The number of aromatic nitrogens is 1. The van der Waals surface area contributed by atoms with E-state index in [2.05, 4.69) is 10.3 Å². The molecule has 20 heavy (non-hydrogen) atoms. The number of amides is 1. The van der Waals surface area contributed by atoms with E-state index >= 15 is 0 Å². The van der Waals surface area contributed by atoms with Gasteiger partial charge in [0.05, 0.1) is 17.6 Å². The van der Waals surface area contributed by atoms with E-state index in [4.69, 9.17) is 9.52 Å². The highest BCUT2D eigenvalue weighted by Crippen LogP contribution is 2.18. The van der Waals surface area contributed by atoms with Gasteiger partial charge in [0.2, 0.25) is 5.89 Å². The van der Waals surface area contributed by atoms with Crippen molar-refractivity contribution in [1.29, 1.82) is 0 Å². The third-order valence-corrected chi connectivity index (χ3v) is 3.36. The first-order chi connectivity index (χ1) is 9.54. The molecule has 0 spiro atoms. The molecular formula is C13H12N2O4S. The Balaban J connectivity index is 1.94. The Morgan fingerprint density at radius 1 is 1.50 bits per heavy atom. The summed E-state index contributed by atoms with van der Waals surface area (Å²) in [5, 5.41) is 11.2. The lowest BCUT2D eigenvalue weighted by Gasteiger charge is -1.99. The van der Waals surface area contributed by atoms with Crippen LogP contribution in [-0.2, 0) is 11.3 Å². The van der Waals surface area contributed by atoms with Crippen LogP contribution in [0.2, 0.25) is 0 Å². The highest BCUT2D eigenvalue weighted by molar-refractivity contribution is 7.14. The number of rotatable bonds is 5. The standard InChI is InChI=1S/C13H12N2O4S/c1-8-6-14-11(19-8)7-15-13(18)10-4-2-9(20-10)3-5-12(16)17/h2-6H,7H2,1H3,(H,15,18)(H,16,17)/b5-3+. The molecule has 0 radical (unpaired) electrons. The molecule has 7 heteroatoms. The van der Waals surface area contributed by atoms with Crippen molar-refractivity contribution < 1.29 is 19.1 Å². The highest BCUT2D eigenvalue weighted by atomic mass is 32.1. The van der Waals surface area contributed by atoms with Crippen molar-refractivity contribution in [1.82, 2.24) is 10.3 Å². The fraction of sp³-hybridized carbons (Fsp3) is 0.154. The highest BCUT2D eigenvalue weighted by Gasteiger charge is 2.09. The molecule has 2 aromatic rings. The summed E-state index contributed by atoms with van der Waals surface area (Å²) in [6.07, 6.45) is 4.06. The molecule has 0 saturated heterocycles. The van der Waals surface area contributed by atoms with Crippen molar-refractivity contribution >= 4 is 29.3 Å². The van der Waals surface area contributed by atoms with Crippen molar-refractivity contribution in [3.05, 3.63) is 45.8 Å². The third kappa shape index (κ3) is 3.79. The third-order valence-electron chi connectivity index (χ3n) is 2.31. The summed E-state index contributed by atoms with van der Waals surface area (Å²) in [6, 6.07) is 3.33. The lowest BCUT2D eigenvalue weighted by molar-refractivity contribution is -0.131. The van der Waals surface area contributed by atoms with Gasteiger partial charge >= 0.3 is 5.97 Å². The fourth-order valence-electron chi connectivity index (χ4n) is 1.44. The minimum absolute atomic E-state index is 0.213. The van der Waals surface area contributed by atoms with Crippen LogP contribution in [0.4, 0.5) is 0 Å². The molecule has 0 aromatic carbocycles. The molecule has 0 atom stereocenters. The number of carboxylic acids is 1. The van der Waals surface area contributed by atoms with Crippen LogP contribution in [-0.4, -0.2) is 22.0 Å². The minimum atomic E-state index is -1.02. The number of carbonyl (C=O) groups excluding carboxylic acids is 1. The molecule has 2 N–H and O–H groups in total. The summed E-state index contributed by atoms with van der Waals surface area (Å²) < 4.78 is 5.24. The number of carboxylic acid groups (broad SMARTS) is 1. The zero-order chi connectivity index (χ0) is 14.5. The zero-order valence-electron chi connectivity index (χ0n) is 10.6. The van der Waals surface area contributed by atoms with Crippen molar-refractivity contribution in [2.45, 2.75) is 13.5 Å². The Labute approximate surface area is 118 Å². The summed E-state index contributed by atoms with van der Waals surface area (Å²) in [5.74, 6) is -0.144. The molecule has 104 valence electrons. The van der Waals surface area contributed by atoms with Crippen LogP contribution < -0.4 is 5.32 Å². The predicted molar refractivity (Wildman–Crippen MR) is 73.4 cm³/mol. The summed E-state index contributed by atoms with van der Waals surface area (Å²) >= 11 is 1.21. The number of hydrogen-bond acceptors (Lipinski definition) is 5. The van der Waals surface area contributed by atoms with Gasteiger partial charge in [-0.1, -0.05) is 0 Å². The van der Waals surface area contributed by atoms with Gasteiger partial charge < -0.3 is 14.8 Å². The maximum atomic E-state index is 11.9. The van der Waals surface area contributed by atoms with E-state index in [9.17, 15) is 9.59 Å². The molecule has 2 aromatic heterocycles. The van der Waals surface area contributed by atoms with Gasteiger partial charge in [0.25, 0.3) is 5.91 Å². The molecule has 6 nitrogen and oxygen atoms in total. The first-order valence-corrected chi connectivity index (χ1v) is 6.56. The van der Waals surface area contributed by atoms with E-state index in [0.29, 0.717) is 21.4 Å². The first kappa shape index (κ1) is 14.0. The normalized spacial score (nSPS) is 10.8. The SMILES string of the molecule is Cc1cnc(CNC(=O)c2ccc(/C=C/C(=O)O)s2)o1. The van der Waals surface area contributed by atoms with Crippen LogP contribution >= 0.6 is 11.3 Å². The van der Waals surface area contributed by atoms with Gasteiger partial charge in [-0.3, -0.25) is 4.79 Å². The maximum absolute atomic E-state index is 11.9. The van der Waals surface area contributed by atoms with Crippen molar-refractivity contribution in [3.8, 4) is 0 Å². The average Bonchev–Trinajstić information content (AvgIpc) is 3.02. The van der Waals surface area contributed by atoms with E-state index in [-0.39, 0.29) is 12.5 Å². The Morgan fingerprint density at radius 3 is 2.95 bits per heavy atom. The Hall–Kier alpha value is -2.41. The number of nitrogens with one attached hydrogen (secondary N) is 1. The van der Waals surface area contributed by atoms with Gasteiger partial charge in [0, 0.05) is 11.0 Å². The van der Waals surface area contributed by atoms with E-state index in [1.54, 1.807) is 25.3 Å². The van der Waals surface area contributed by atoms with Gasteiger partial charge in [0.1, 0.15) is 5.76 Å². The first-order valence-electron chi connectivity index (χ1n) is 5.75. The molecule has 0 aliphatic carbocycles. The van der Waals surface area contributed by atoms with Gasteiger partial charge in [0.15, 0.2) is 0 Å². The molecule has 0 fully saturated rings. The fourth-order valence-corrected chi connectivity index (χ4v) is 2.27. The van der Waals surface area contributed by atoms with Gasteiger partial charge in [-0.15, -0.1) is 11.3 Å². The van der Waals surface area contributed by atoms with E-state index in [0.717, 1.165) is 6.08 Å². The Bertz CT molecular complexity index is 657. The van der Waals surface area contributed by atoms with Crippen molar-refractivity contribution in [3.63, 3.8) is 0 Å². The molecule has 0 saturated carbocycles. The number of oxazole rings is 1. The molecule has 0 aliphatic heterocycles. The van der Waals surface area contributed by atoms with Crippen LogP contribution in [0.3, 0.4) is 0 Å². The molecular weight excluding hydrogens is 280 g/mol. The average molecular weight is 292 g/mol. The predicted octanol–water partition coefficient (Wildman–Crippen LogP) is 2.07. The van der Waals surface area contributed by atoms with E-state index in [1.165, 1.54) is 17.4 Å². The van der Waals surface area contributed by atoms with Gasteiger partial charge in [-0.25, -0.2) is 9.78 Å². The van der Waals surface area contributed by atoms with Gasteiger partial charge in [-0.05, 0) is 25.1 Å². The van der Waals surface area contributed by atoms with Crippen LogP contribution in [0, 0.1) is 6.92 Å². The van der Waals surface area contributed by atoms with E-state index in [1.807, 2.05) is 0 Å². The van der Waals surface area contributed by atoms with Crippen LogP contribution in [0.1, 0.15) is 26.2 Å². The number of aryl methyl sites for hydroxylation is 1. The second-order valence-corrected chi connectivity index (χ2v) is 5.04. The Morgan fingerprint density at radius 2 is 2.30 bits per heavy atom. The zero-order valence-corrected chi connectivity index (χ0v) is 11.4. The topological polar surface area (TPSA) is 92.4 Å². The number of nitrogens with zero attached hydrogens (tertiary/aromatic N) is 1. The van der Waals surface area contributed by atoms with Crippen LogP contribution in [0.15, 0.2) is 28.8 Å². The smallest absolute Gasteiger partial charge is 0.328 e. The second kappa shape index (κ2) is 6.16. The lowest BCUT2D eigenvalue weighted by Crippen LogP contribution is -2.21. The summed E-state index contributed by atoms with van der Waals surface area (Å²) in [4.78, 5) is 27.4. The molecule has 0 bridgehead atoms. The maximum Gasteiger partial charge on any atom is 0.328 e. The van der Waals surface area contributed by atoms with Crippen molar-refractivity contribution in [2.75, 3.05) is 0 Å².